The number of nitrogens with one attached hydrogen (secondary N) is 1. The highest BCUT2D eigenvalue weighted by atomic mass is 16.7. The Morgan fingerprint density at radius 2 is 1.52 bits per heavy atom. The third-order valence-electron chi connectivity index (χ3n) is 14.2. The summed E-state index contributed by atoms with van der Waals surface area (Å²) in [5.41, 5.74) is -7.96. The van der Waals surface area contributed by atoms with Gasteiger partial charge in [-0.1, -0.05) is 62.4 Å². The number of esters is 2. The van der Waals surface area contributed by atoms with Gasteiger partial charge in [-0.2, -0.15) is 0 Å². The highest BCUT2D eigenvalue weighted by Crippen LogP contribution is 2.64. The summed E-state index contributed by atoms with van der Waals surface area (Å²) in [5, 5.41) is 40.4. The van der Waals surface area contributed by atoms with Crippen LogP contribution in [0.1, 0.15) is 83.3 Å². The zero-order valence-electron chi connectivity index (χ0n) is 39.8. The number of Topliss-reactive ketones (excluding diaryl/α,β-unsaturated/α-hetero) is 1. The molecule has 19 heteroatoms. The predicted octanol–water partition coefficient (Wildman–Crippen LogP) is 6.13. The largest absolute Gasteiger partial charge is 0.514 e. The van der Waals surface area contributed by atoms with Crippen LogP contribution in [0.25, 0.3) is 0 Å². The summed E-state index contributed by atoms with van der Waals surface area (Å²) < 4.78 is 47.3. The van der Waals surface area contributed by atoms with Crippen molar-refractivity contribution in [1.29, 1.82) is 0 Å². The molecule has 3 aliphatic carbocycles. The van der Waals surface area contributed by atoms with E-state index < -0.39 is 118 Å². The van der Waals surface area contributed by atoms with Crippen LogP contribution in [0.5, 0.6) is 5.75 Å². The van der Waals surface area contributed by atoms with Gasteiger partial charge in [-0.3, -0.25) is 14.9 Å². The monoisotopic (exact) mass is 958 g/mol. The maximum atomic E-state index is 15.5. The number of non-ortho nitro benzene ring substituents is 1. The molecular formula is C50H58N2O17. The fourth-order valence-corrected chi connectivity index (χ4v) is 10.6. The van der Waals surface area contributed by atoms with E-state index in [1.807, 2.05) is 0 Å². The van der Waals surface area contributed by atoms with Gasteiger partial charge in [0.15, 0.2) is 5.78 Å². The Morgan fingerprint density at radius 3 is 2.07 bits per heavy atom. The van der Waals surface area contributed by atoms with E-state index in [2.05, 4.69) is 5.32 Å². The Morgan fingerprint density at radius 1 is 0.899 bits per heavy atom. The summed E-state index contributed by atoms with van der Waals surface area (Å²) in [7, 11) is 2.72. The van der Waals surface area contributed by atoms with Crippen LogP contribution >= 0.6 is 0 Å². The minimum absolute atomic E-state index is 0.0789. The lowest BCUT2D eigenvalue weighted by Gasteiger charge is -2.67. The SMILES string of the molecule is CO[C@H]1C(=O)[C@]2(C)[C@@H](OC)CC3OC[C@@]3(O)[C@H]2[C@H](OC(=O)c2ccccc2)[C@]2(O)C[C@H](OC(=O)[C@H](OC(=O)Oc3ccc([N+](=O)[O-])cc3)[C@@H](NC(=O)OC(C)(C)C)c3ccccc3)C(C)=C1C2(C)C. The molecule has 0 spiro atoms. The third-order valence-corrected chi connectivity index (χ3v) is 14.2. The van der Waals surface area contributed by atoms with Crippen LogP contribution in [0.15, 0.2) is 96.1 Å². The molecule has 2 bridgehead atoms. The van der Waals surface area contributed by atoms with Crippen molar-refractivity contribution in [3.63, 3.8) is 0 Å². The molecule has 11 atom stereocenters. The van der Waals surface area contributed by atoms with Crippen LogP contribution in [0.4, 0.5) is 15.3 Å². The average Bonchev–Trinajstić information content (AvgIpc) is 3.29. The van der Waals surface area contributed by atoms with Gasteiger partial charge in [-0.15, -0.1) is 0 Å². The van der Waals surface area contributed by atoms with Gasteiger partial charge in [-0.25, -0.2) is 19.2 Å². The molecule has 1 unspecified atom stereocenters. The van der Waals surface area contributed by atoms with Crippen LogP contribution in [0, 0.1) is 26.9 Å². The van der Waals surface area contributed by atoms with Crippen molar-refractivity contribution in [1.82, 2.24) is 5.32 Å². The number of carbonyl (C=O) groups is 5. The van der Waals surface area contributed by atoms with E-state index in [1.165, 1.54) is 26.4 Å². The molecule has 370 valence electrons. The molecule has 3 fully saturated rings. The quantitative estimate of drug-likeness (QED) is 0.0461. The molecular weight excluding hydrogens is 901 g/mol. The highest BCUT2D eigenvalue weighted by Gasteiger charge is 2.77. The van der Waals surface area contributed by atoms with E-state index in [0.717, 1.165) is 24.3 Å². The van der Waals surface area contributed by atoms with Crippen molar-refractivity contribution in [2.75, 3.05) is 20.8 Å². The van der Waals surface area contributed by atoms with Gasteiger partial charge in [0.05, 0.1) is 34.7 Å². The van der Waals surface area contributed by atoms with Crippen molar-refractivity contribution in [2.24, 2.45) is 16.7 Å². The molecule has 1 amide bonds. The fourth-order valence-electron chi connectivity index (χ4n) is 10.6. The summed E-state index contributed by atoms with van der Waals surface area (Å²) >= 11 is 0. The predicted molar refractivity (Wildman–Crippen MR) is 242 cm³/mol. The number of rotatable bonds is 12. The van der Waals surface area contributed by atoms with Crippen molar-refractivity contribution in [3.05, 3.63) is 117 Å². The highest BCUT2D eigenvalue weighted by molar-refractivity contribution is 5.94. The van der Waals surface area contributed by atoms with Gasteiger partial charge >= 0.3 is 24.2 Å². The minimum atomic E-state index is -2.31. The second kappa shape index (κ2) is 18.9. The Bertz CT molecular complexity index is 2490. The summed E-state index contributed by atoms with van der Waals surface area (Å²) in [6.07, 6.45) is -11.6. The van der Waals surface area contributed by atoms with Gasteiger partial charge in [0.2, 0.25) is 6.10 Å². The number of nitro groups is 1. The van der Waals surface area contributed by atoms with Crippen LogP contribution in [-0.4, -0.2) is 119 Å². The second-order valence-corrected chi connectivity index (χ2v) is 19.6. The topological polar surface area (TPSA) is 255 Å². The van der Waals surface area contributed by atoms with E-state index in [0.29, 0.717) is 0 Å². The van der Waals surface area contributed by atoms with Gasteiger partial charge in [-0.05, 0) is 75.6 Å². The maximum Gasteiger partial charge on any atom is 0.514 e. The Kier molecular flexibility index (Phi) is 13.9. The van der Waals surface area contributed by atoms with Gasteiger partial charge in [0.25, 0.3) is 5.69 Å². The molecule has 3 aromatic rings. The van der Waals surface area contributed by atoms with Gasteiger partial charge in [0, 0.05) is 50.5 Å². The molecule has 4 aliphatic rings. The molecule has 0 radical (unpaired) electrons. The first kappa shape index (κ1) is 50.6. The normalized spacial score (nSPS) is 30.0. The molecule has 1 saturated heterocycles. The minimum Gasteiger partial charge on any atom is -0.455 e. The molecule has 1 aliphatic heterocycles. The molecule has 3 N–H and O–H groups in total. The van der Waals surface area contributed by atoms with E-state index >= 15 is 9.59 Å². The molecule has 19 nitrogen and oxygen atoms in total. The lowest BCUT2D eigenvalue weighted by Crippen LogP contribution is -2.81. The molecule has 1 heterocycles. The van der Waals surface area contributed by atoms with E-state index in [-0.39, 0.29) is 46.7 Å². The molecule has 7 rings (SSSR count). The number of nitro benzene ring substituents is 1. The first-order valence-corrected chi connectivity index (χ1v) is 22.4. The van der Waals surface area contributed by atoms with Gasteiger partial charge < -0.3 is 53.4 Å². The number of ketones is 1. The van der Waals surface area contributed by atoms with E-state index in [4.69, 9.17) is 37.9 Å². The third kappa shape index (κ3) is 9.21. The molecule has 3 aromatic carbocycles. The first-order chi connectivity index (χ1) is 32.4. The number of aliphatic hydroxyl groups is 2. The Labute approximate surface area is 398 Å². The fraction of sp³-hybridized carbons (Fsp3) is 0.500. The number of amides is 1. The van der Waals surface area contributed by atoms with Crippen LogP contribution in [-0.2, 0) is 42.7 Å². The number of hydrogen-bond acceptors (Lipinski definition) is 17. The summed E-state index contributed by atoms with van der Waals surface area (Å²) in [6.45, 7) is 11.0. The molecule has 0 aromatic heterocycles. The van der Waals surface area contributed by atoms with Crippen molar-refractivity contribution in [2.45, 2.75) is 121 Å². The number of fused-ring (bicyclic) bond motifs is 5. The maximum absolute atomic E-state index is 15.5. The summed E-state index contributed by atoms with van der Waals surface area (Å²) in [5.74, 6) is -4.34. The number of ether oxygens (including phenoxy) is 8. The van der Waals surface area contributed by atoms with E-state index in [9.17, 15) is 34.7 Å². The average molecular weight is 959 g/mol. The number of methoxy groups -OCH3 is 2. The number of carbonyl (C=O) groups excluding carboxylic acids is 5. The Hall–Kier alpha value is -6.25. The van der Waals surface area contributed by atoms with Crippen LogP contribution < -0.4 is 10.1 Å². The Balaban J connectivity index is 1.36. The summed E-state index contributed by atoms with van der Waals surface area (Å²) in [4.78, 5) is 82.8. The number of alkyl carbamates (subject to hydrolysis) is 1. The second-order valence-electron chi connectivity index (χ2n) is 19.6. The number of benzene rings is 3. The number of hydrogen-bond donors (Lipinski definition) is 3. The zero-order valence-corrected chi connectivity index (χ0v) is 39.8. The van der Waals surface area contributed by atoms with Gasteiger partial charge in [0.1, 0.15) is 46.9 Å². The molecule has 2 saturated carbocycles. The van der Waals surface area contributed by atoms with Crippen molar-refractivity contribution < 1.29 is 77.0 Å². The standard InChI is InChI=1S/C50H58N2O17/c1-27-32(66-43(55)38(67-45(57)65-31-22-20-30(21-23-31)52(60)61)36(28-16-12-10-13-17-28)51-44(56)69-46(2,3)4)25-50(59)41(68-42(54)29-18-14-11-15-19-29)39-48(7,33(62-8)24-34-49(39,58)26-64-34)40(53)37(63-9)35(27)47(50,5)6/h10-23,32-34,36-39,41,58-59H,24-26H2,1-9H3,(H,51,56)/t32-,33-,34?,36-,37+,38+,39-,41-,48+,49-,50+/m0/s1. The van der Waals surface area contributed by atoms with E-state index in [1.54, 1.807) is 97.0 Å². The summed E-state index contributed by atoms with van der Waals surface area (Å²) in [6, 6.07) is 18.8. The lowest BCUT2D eigenvalue weighted by molar-refractivity contribution is -0.384. The van der Waals surface area contributed by atoms with Crippen LogP contribution in [0.3, 0.4) is 0 Å². The zero-order chi connectivity index (χ0) is 50.4. The van der Waals surface area contributed by atoms with Crippen molar-refractivity contribution in [3.8, 4) is 5.75 Å². The number of nitrogens with zero attached hydrogens (tertiary/aromatic N) is 1. The smallest absolute Gasteiger partial charge is 0.455 e. The van der Waals surface area contributed by atoms with Crippen LogP contribution in [0.2, 0.25) is 0 Å². The molecule has 69 heavy (non-hydrogen) atoms. The van der Waals surface area contributed by atoms with Crippen molar-refractivity contribution >= 4 is 35.7 Å². The lowest BCUT2D eigenvalue weighted by atomic mass is 9.44. The first-order valence-electron chi connectivity index (χ1n) is 22.4.